The normalized spacial score (nSPS) is 30.8. The highest BCUT2D eigenvalue weighted by Crippen LogP contribution is 2.32. The summed E-state index contributed by atoms with van der Waals surface area (Å²) in [7, 11) is 0. The minimum absolute atomic E-state index is 0.272. The van der Waals surface area contributed by atoms with Gasteiger partial charge in [0.1, 0.15) is 11.1 Å². The highest BCUT2D eigenvalue weighted by molar-refractivity contribution is 7.09. The average molecular weight is 238 g/mol. The maximum Gasteiger partial charge on any atom is 0.110 e. The second-order valence-electron chi connectivity index (χ2n) is 4.61. The number of aromatic nitrogens is 1. The predicted octanol–water partition coefficient (Wildman–Crippen LogP) is 2.81. The molecule has 3 heterocycles. The molecule has 0 amide bonds. The van der Waals surface area contributed by atoms with Crippen LogP contribution in [0.15, 0.2) is 5.38 Å². The Bertz CT molecular complexity index is 341. The molecule has 0 aromatic carbocycles. The van der Waals surface area contributed by atoms with Crippen LogP contribution in [0.3, 0.4) is 0 Å². The smallest absolute Gasteiger partial charge is 0.110 e. The largest absolute Gasteiger partial charge is 0.372 e. The Labute approximate surface area is 100 Å². The number of hydrogen-bond donors (Lipinski definition) is 1. The quantitative estimate of drug-likeness (QED) is 0.860. The van der Waals surface area contributed by atoms with Crippen LogP contribution in [0.2, 0.25) is 0 Å². The van der Waals surface area contributed by atoms with Crippen LogP contribution < -0.4 is 5.32 Å². The fraction of sp³-hybridized carbons (Fsp3) is 0.750. The monoisotopic (exact) mass is 238 g/mol. The lowest BCUT2D eigenvalue weighted by Gasteiger charge is -2.21. The van der Waals surface area contributed by atoms with E-state index in [1.807, 2.05) is 0 Å². The minimum Gasteiger partial charge on any atom is -0.372 e. The molecule has 1 N–H and O–H groups in total. The fourth-order valence-electron chi connectivity index (χ4n) is 2.48. The molecule has 3 nitrogen and oxygen atoms in total. The molecule has 4 heteroatoms. The van der Waals surface area contributed by atoms with E-state index in [2.05, 4.69) is 10.7 Å². The molecule has 2 unspecified atom stereocenters. The zero-order valence-electron chi connectivity index (χ0n) is 9.45. The Morgan fingerprint density at radius 1 is 1.31 bits per heavy atom. The molecular formula is C12H18N2OS. The van der Waals surface area contributed by atoms with Gasteiger partial charge in [-0.3, -0.25) is 0 Å². The van der Waals surface area contributed by atoms with E-state index in [-0.39, 0.29) is 6.10 Å². The summed E-state index contributed by atoms with van der Waals surface area (Å²) in [6.07, 6.45) is 6.46. The molecule has 2 saturated heterocycles. The number of piperidine rings is 1. The van der Waals surface area contributed by atoms with Crippen molar-refractivity contribution in [1.29, 1.82) is 0 Å². The van der Waals surface area contributed by atoms with E-state index in [9.17, 15) is 0 Å². The lowest BCUT2D eigenvalue weighted by molar-refractivity contribution is 0.109. The topological polar surface area (TPSA) is 34.2 Å². The SMILES string of the molecule is c1sc(C2CCCCN2)nc1C1CCCO1. The van der Waals surface area contributed by atoms with Crippen molar-refractivity contribution >= 4 is 11.3 Å². The number of ether oxygens (including phenoxy) is 1. The molecule has 0 spiro atoms. The predicted molar refractivity (Wildman–Crippen MR) is 64.6 cm³/mol. The summed E-state index contributed by atoms with van der Waals surface area (Å²) in [4.78, 5) is 4.75. The van der Waals surface area contributed by atoms with E-state index in [0.29, 0.717) is 6.04 Å². The van der Waals surface area contributed by atoms with Crippen molar-refractivity contribution in [2.24, 2.45) is 0 Å². The van der Waals surface area contributed by atoms with Gasteiger partial charge in [0.25, 0.3) is 0 Å². The van der Waals surface area contributed by atoms with Gasteiger partial charge in [0.2, 0.25) is 0 Å². The van der Waals surface area contributed by atoms with E-state index >= 15 is 0 Å². The first-order valence-corrected chi connectivity index (χ1v) is 7.12. The van der Waals surface area contributed by atoms with Crippen LogP contribution in [-0.2, 0) is 4.74 Å². The molecule has 2 aliphatic rings. The Morgan fingerprint density at radius 3 is 3.06 bits per heavy atom. The van der Waals surface area contributed by atoms with Crippen molar-refractivity contribution in [2.45, 2.75) is 44.2 Å². The number of rotatable bonds is 2. The van der Waals surface area contributed by atoms with Crippen LogP contribution >= 0.6 is 11.3 Å². The summed E-state index contributed by atoms with van der Waals surface area (Å²) in [6.45, 7) is 2.04. The molecule has 0 aliphatic carbocycles. The fourth-order valence-corrected chi connectivity index (χ4v) is 3.45. The third kappa shape index (κ3) is 2.14. The maximum absolute atomic E-state index is 5.66. The molecule has 2 aliphatic heterocycles. The molecular weight excluding hydrogens is 220 g/mol. The molecule has 1 aromatic rings. The second-order valence-corrected chi connectivity index (χ2v) is 5.50. The molecule has 3 rings (SSSR count). The van der Waals surface area contributed by atoms with Gasteiger partial charge < -0.3 is 10.1 Å². The molecule has 0 saturated carbocycles. The van der Waals surface area contributed by atoms with Gasteiger partial charge in [0.05, 0.1) is 11.7 Å². The Balaban J connectivity index is 1.71. The number of nitrogens with zero attached hydrogens (tertiary/aromatic N) is 1. The van der Waals surface area contributed by atoms with E-state index in [0.717, 1.165) is 25.3 Å². The first-order chi connectivity index (χ1) is 7.93. The van der Waals surface area contributed by atoms with Crippen LogP contribution in [0.1, 0.15) is 55.0 Å². The third-order valence-electron chi connectivity index (χ3n) is 3.41. The van der Waals surface area contributed by atoms with Gasteiger partial charge in [-0.25, -0.2) is 4.98 Å². The van der Waals surface area contributed by atoms with Crippen molar-refractivity contribution in [2.75, 3.05) is 13.2 Å². The third-order valence-corrected chi connectivity index (χ3v) is 4.38. The Hall–Kier alpha value is -0.450. The molecule has 0 radical (unpaired) electrons. The number of thiazole rings is 1. The highest BCUT2D eigenvalue weighted by atomic mass is 32.1. The van der Waals surface area contributed by atoms with E-state index in [4.69, 9.17) is 9.72 Å². The van der Waals surface area contributed by atoms with E-state index < -0.39 is 0 Å². The van der Waals surface area contributed by atoms with Crippen LogP contribution in [-0.4, -0.2) is 18.1 Å². The lowest BCUT2D eigenvalue weighted by atomic mass is 10.1. The van der Waals surface area contributed by atoms with E-state index in [1.54, 1.807) is 11.3 Å². The van der Waals surface area contributed by atoms with Gasteiger partial charge in [-0.2, -0.15) is 0 Å². The average Bonchev–Trinajstić information content (AvgIpc) is 3.01. The first kappa shape index (κ1) is 10.7. The van der Waals surface area contributed by atoms with Gasteiger partial charge in [-0.15, -0.1) is 11.3 Å². The summed E-state index contributed by atoms with van der Waals surface area (Å²) in [5.74, 6) is 0. The van der Waals surface area contributed by atoms with Crippen molar-refractivity contribution in [1.82, 2.24) is 10.3 Å². The molecule has 0 bridgehead atoms. The maximum atomic E-state index is 5.66. The summed E-state index contributed by atoms with van der Waals surface area (Å²) >= 11 is 1.79. The van der Waals surface area contributed by atoms with Crippen LogP contribution in [0.5, 0.6) is 0 Å². The summed E-state index contributed by atoms with van der Waals surface area (Å²) < 4.78 is 5.66. The first-order valence-electron chi connectivity index (χ1n) is 6.24. The van der Waals surface area contributed by atoms with Crippen molar-refractivity contribution in [3.05, 3.63) is 16.1 Å². The Kier molecular flexibility index (Phi) is 3.22. The van der Waals surface area contributed by atoms with Gasteiger partial charge in [0.15, 0.2) is 0 Å². The van der Waals surface area contributed by atoms with E-state index in [1.165, 1.54) is 30.7 Å². The summed E-state index contributed by atoms with van der Waals surface area (Å²) in [5.41, 5.74) is 1.16. The van der Waals surface area contributed by atoms with Gasteiger partial charge in [-0.05, 0) is 32.2 Å². The molecule has 2 fully saturated rings. The van der Waals surface area contributed by atoms with Crippen LogP contribution in [0, 0.1) is 0 Å². The van der Waals surface area contributed by atoms with Gasteiger partial charge >= 0.3 is 0 Å². The second kappa shape index (κ2) is 4.82. The van der Waals surface area contributed by atoms with Gasteiger partial charge in [-0.1, -0.05) is 6.42 Å². The molecule has 88 valence electrons. The van der Waals surface area contributed by atoms with Gasteiger partial charge in [0, 0.05) is 12.0 Å². The zero-order valence-corrected chi connectivity index (χ0v) is 10.3. The summed E-state index contributed by atoms with van der Waals surface area (Å²) in [6, 6.07) is 0.494. The minimum atomic E-state index is 0.272. The van der Waals surface area contributed by atoms with Crippen molar-refractivity contribution < 1.29 is 4.74 Å². The Morgan fingerprint density at radius 2 is 2.31 bits per heavy atom. The van der Waals surface area contributed by atoms with Crippen LogP contribution in [0.4, 0.5) is 0 Å². The highest BCUT2D eigenvalue weighted by Gasteiger charge is 2.23. The summed E-state index contributed by atoms with van der Waals surface area (Å²) in [5, 5.41) is 6.98. The molecule has 1 aromatic heterocycles. The number of hydrogen-bond acceptors (Lipinski definition) is 4. The standard InChI is InChI=1S/C12H18N2OS/c1-2-6-13-9(4-1)12-14-10(8-16-12)11-5-3-7-15-11/h8-9,11,13H,1-7H2. The molecule has 2 atom stereocenters. The lowest BCUT2D eigenvalue weighted by Crippen LogP contribution is -2.26. The van der Waals surface area contributed by atoms with Crippen molar-refractivity contribution in [3.8, 4) is 0 Å². The zero-order chi connectivity index (χ0) is 10.8. The van der Waals surface area contributed by atoms with Crippen molar-refractivity contribution in [3.63, 3.8) is 0 Å². The van der Waals surface area contributed by atoms with Crippen LogP contribution in [0.25, 0.3) is 0 Å². The molecule has 16 heavy (non-hydrogen) atoms. The number of nitrogens with one attached hydrogen (secondary N) is 1.